The number of β-lactam (4-membered cyclic amide) rings is 1. The summed E-state index contributed by atoms with van der Waals surface area (Å²) in [5.41, 5.74) is 6.47. The molecule has 4 rings (SSSR count). The summed E-state index contributed by atoms with van der Waals surface area (Å²) in [6.07, 6.45) is 1.78. The number of carbonyl (C=O) groups is 4. The van der Waals surface area contributed by atoms with E-state index in [0.29, 0.717) is 17.0 Å². The van der Waals surface area contributed by atoms with Crippen molar-refractivity contribution >= 4 is 46.8 Å². The van der Waals surface area contributed by atoms with Gasteiger partial charge in [-0.3, -0.25) is 24.3 Å². The first-order chi connectivity index (χ1) is 14.8. The number of carbonyl (C=O) groups excluding carboxylic acids is 3. The maximum Gasteiger partial charge on any atom is 0.352 e. The van der Waals surface area contributed by atoms with E-state index in [0.717, 1.165) is 4.88 Å². The van der Waals surface area contributed by atoms with Crippen LogP contribution in [0.5, 0.6) is 0 Å². The lowest BCUT2D eigenvalue weighted by Gasteiger charge is -2.49. The Morgan fingerprint density at radius 2 is 2.13 bits per heavy atom. The molecule has 4 N–H and O–H groups in total. The van der Waals surface area contributed by atoms with Crippen molar-refractivity contribution in [1.82, 2.24) is 15.2 Å². The summed E-state index contributed by atoms with van der Waals surface area (Å²) < 4.78 is 0. The van der Waals surface area contributed by atoms with E-state index < -0.39 is 29.2 Å². The standard InChI is InChI=1S/C20H18N4O5S2/c21-17(26)10-3-4-22-12(6-10)7-11-9-31-19-15(18(27)24(19)16(11)20(28)29)23-14(25)8-13-2-1-5-30-13/h1-6,15,19H,7-9H2,(H2,21,26)(H,23,25)(H,28,29). The number of thiophene rings is 1. The molecule has 4 heterocycles. The summed E-state index contributed by atoms with van der Waals surface area (Å²) in [6, 6.07) is 5.92. The van der Waals surface area contributed by atoms with Gasteiger partial charge in [-0.2, -0.15) is 0 Å². The first-order valence-corrected chi connectivity index (χ1v) is 11.2. The van der Waals surface area contributed by atoms with E-state index in [1.165, 1.54) is 46.3 Å². The molecule has 2 aromatic heterocycles. The van der Waals surface area contributed by atoms with Gasteiger partial charge in [-0.25, -0.2) is 4.79 Å². The molecule has 160 valence electrons. The number of aliphatic carboxylic acids is 1. The number of primary amides is 1. The molecule has 2 aliphatic heterocycles. The van der Waals surface area contributed by atoms with Gasteiger partial charge in [-0.15, -0.1) is 23.1 Å². The maximum absolute atomic E-state index is 12.7. The summed E-state index contributed by atoms with van der Waals surface area (Å²) in [5, 5.41) is 13.9. The van der Waals surface area contributed by atoms with Crippen LogP contribution in [0.3, 0.4) is 0 Å². The van der Waals surface area contributed by atoms with Crippen LogP contribution in [0.25, 0.3) is 0 Å². The normalized spacial score (nSPS) is 20.1. The molecule has 2 aliphatic rings. The van der Waals surface area contributed by atoms with Crippen LogP contribution >= 0.6 is 23.1 Å². The molecule has 1 saturated heterocycles. The third kappa shape index (κ3) is 4.19. The van der Waals surface area contributed by atoms with Crippen molar-refractivity contribution in [2.24, 2.45) is 5.73 Å². The zero-order valence-corrected chi connectivity index (χ0v) is 17.7. The summed E-state index contributed by atoms with van der Waals surface area (Å²) in [4.78, 5) is 54.6. The fourth-order valence-corrected chi connectivity index (χ4v) is 5.61. The van der Waals surface area contributed by atoms with Crippen molar-refractivity contribution < 1.29 is 24.3 Å². The van der Waals surface area contributed by atoms with Crippen LogP contribution in [0.15, 0.2) is 47.1 Å². The Hall–Kier alpha value is -3.18. The molecule has 31 heavy (non-hydrogen) atoms. The first-order valence-electron chi connectivity index (χ1n) is 9.31. The molecule has 3 amide bonds. The van der Waals surface area contributed by atoms with Crippen LogP contribution in [0.2, 0.25) is 0 Å². The minimum absolute atomic E-state index is 0.0937. The van der Waals surface area contributed by atoms with Gasteiger partial charge in [0.25, 0.3) is 5.91 Å². The Kier molecular flexibility index (Phi) is 5.79. The maximum atomic E-state index is 12.7. The third-order valence-electron chi connectivity index (χ3n) is 4.98. The molecule has 11 heteroatoms. The molecule has 0 radical (unpaired) electrons. The molecule has 2 aromatic rings. The molecule has 2 unspecified atom stereocenters. The summed E-state index contributed by atoms with van der Waals surface area (Å²) >= 11 is 2.84. The van der Waals surface area contributed by atoms with Gasteiger partial charge < -0.3 is 16.2 Å². The Morgan fingerprint density at radius 3 is 2.81 bits per heavy atom. The van der Waals surface area contributed by atoms with Gasteiger partial charge in [-0.05, 0) is 29.2 Å². The van der Waals surface area contributed by atoms with Crippen LogP contribution in [0.1, 0.15) is 20.9 Å². The molecule has 0 spiro atoms. The molecule has 0 aliphatic carbocycles. The topological polar surface area (TPSA) is 143 Å². The lowest BCUT2D eigenvalue weighted by atomic mass is 10.00. The van der Waals surface area contributed by atoms with Crippen LogP contribution in [0.4, 0.5) is 0 Å². The van der Waals surface area contributed by atoms with Gasteiger partial charge in [0.15, 0.2) is 0 Å². The van der Waals surface area contributed by atoms with Crippen molar-refractivity contribution in [3.05, 3.63) is 63.2 Å². The second-order valence-electron chi connectivity index (χ2n) is 7.05. The molecule has 0 saturated carbocycles. The number of nitrogens with one attached hydrogen (secondary N) is 1. The number of hydrogen-bond acceptors (Lipinski definition) is 7. The number of pyridine rings is 1. The van der Waals surface area contributed by atoms with Crippen LogP contribution in [-0.2, 0) is 27.2 Å². The number of nitrogens with two attached hydrogens (primary N) is 1. The van der Waals surface area contributed by atoms with Crippen molar-refractivity contribution in [2.45, 2.75) is 24.3 Å². The highest BCUT2D eigenvalue weighted by Crippen LogP contribution is 2.41. The van der Waals surface area contributed by atoms with Gasteiger partial charge >= 0.3 is 5.97 Å². The van der Waals surface area contributed by atoms with Gasteiger partial charge in [0.05, 0.1) is 6.42 Å². The molecule has 0 bridgehead atoms. The number of amides is 3. The number of rotatable bonds is 7. The number of thioether (sulfide) groups is 1. The molecular formula is C20H18N4O5S2. The number of carboxylic acid groups (broad SMARTS) is 1. The highest BCUT2D eigenvalue weighted by molar-refractivity contribution is 8.00. The highest BCUT2D eigenvalue weighted by atomic mass is 32.2. The Morgan fingerprint density at radius 1 is 1.32 bits per heavy atom. The van der Waals surface area contributed by atoms with Gasteiger partial charge in [0, 0.05) is 34.5 Å². The highest BCUT2D eigenvalue weighted by Gasteiger charge is 2.54. The number of aromatic nitrogens is 1. The number of nitrogens with zero attached hydrogens (tertiary/aromatic N) is 2. The van der Waals surface area contributed by atoms with Crippen molar-refractivity contribution in [3.8, 4) is 0 Å². The molecule has 1 fully saturated rings. The van der Waals surface area contributed by atoms with Crippen molar-refractivity contribution in [2.75, 3.05) is 5.75 Å². The van der Waals surface area contributed by atoms with E-state index in [9.17, 15) is 24.3 Å². The average molecular weight is 459 g/mol. The largest absolute Gasteiger partial charge is 0.477 e. The number of hydrogen-bond donors (Lipinski definition) is 3. The first kappa shape index (κ1) is 21.1. The molecular weight excluding hydrogens is 440 g/mol. The Balaban J connectivity index is 1.51. The van der Waals surface area contributed by atoms with Crippen LogP contribution < -0.4 is 11.1 Å². The van der Waals surface area contributed by atoms with Gasteiger partial charge in [-0.1, -0.05) is 6.07 Å². The Labute approximate surface area is 185 Å². The molecule has 9 nitrogen and oxygen atoms in total. The SMILES string of the molecule is NC(=O)c1ccnc(CC2=C(C(=O)O)N3C(=O)C(NC(=O)Cc4cccs4)C3SC2)c1. The van der Waals surface area contributed by atoms with E-state index in [2.05, 4.69) is 10.3 Å². The van der Waals surface area contributed by atoms with Gasteiger partial charge in [0.2, 0.25) is 11.8 Å². The van der Waals surface area contributed by atoms with Crippen LogP contribution in [-0.4, -0.2) is 55.8 Å². The van der Waals surface area contributed by atoms with Gasteiger partial charge in [0.1, 0.15) is 17.1 Å². The average Bonchev–Trinajstić information content (AvgIpc) is 3.24. The second-order valence-corrected chi connectivity index (χ2v) is 9.18. The zero-order valence-electron chi connectivity index (χ0n) is 16.1. The lowest BCUT2D eigenvalue weighted by molar-refractivity contribution is -0.150. The van der Waals surface area contributed by atoms with E-state index in [4.69, 9.17) is 5.73 Å². The second kappa shape index (κ2) is 8.52. The third-order valence-corrected chi connectivity index (χ3v) is 7.19. The van der Waals surface area contributed by atoms with E-state index >= 15 is 0 Å². The quantitative estimate of drug-likeness (QED) is 0.520. The minimum atomic E-state index is -1.22. The molecule has 0 aromatic carbocycles. The lowest BCUT2D eigenvalue weighted by Crippen LogP contribution is -2.70. The van der Waals surface area contributed by atoms with E-state index in [-0.39, 0.29) is 30.0 Å². The zero-order chi connectivity index (χ0) is 22.1. The minimum Gasteiger partial charge on any atom is -0.477 e. The summed E-state index contributed by atoms with van der Waals surface area (Å²) in [5.74, 6) is -2.20. The van der Waals surface area contributed by atoms with E-state index in [1.54, 1.807) is 0 Å². The predicted molar refractivity (Wildman–Crippen MR) is 114 cm³/mol. The van der Waals surface area contributed by atoms with Crippen molar-refractivity contribution in [3.63, 3.8) is 0 Å². The number of carboxylic acids is 1. The fraction of sp³-hybridized carbons (Fsp3) is 0.250. The summed E-state index contributed by atoms with van der Waals surface area (Å²) in [6.45, 7) is 0. The summed E-state index contributed by atoms with van der Waals surface area (Å²) in [7, 11) is 0. The molecule has 2 atom stereocenters. The smallest absolute Gasteiger partial charge is 0.352 e. The number of fused-ring (bicyclic) bond motifs is 1. The predicted octanol–water partition coefficient (Wildman–Crippen LogP) is 0.766. The Bertz CT molecular complexity index is 1100. The van der Waals surface area contributed by atoms with Crippen molar-refractivity contribution in [1.29, 1.82) is 0 Å². The fourth-order valence-electron chi connectivity index (χ4n) is 3.56. The monoisotopic (exact) mass is 458 g/mol. The van der Waals surface area contributed by atoms with Crippen LogP contribution in [0, 0.1) is 0 Å². The van der Waals surface area contributed by atoms with E-state index in [1.807, 2.05) is 17.5 Å².